The zero-order valence-electron chi connectivity index (χ0n) is 21.0. The molecule has 0 aliphatic carbocycles. The number of imidazole rings is 1. The number of benzene rings is 1. The molecular weight excluding hydrogens is 471 g/mol. The Hall–Kier alpha value is -3.28. The number of pyridine rings is 1. The number of hydrogen-bond acceptors (Lipinski definition) is 6. The first-order valence-corrected chi connectivity index (χ1v) is 13.3. The Labute approximate surface area is 216 Å². The van der Waals surface area contributed by atoms with Crippen LogP contribution in [0.25, 0.3) is 11.2 Å². The van der Waals surface area contributed by atoms with E-state index in [0.717, 1.165) is 84.3 Å². The number of nitrogens with one attached hydrogen (secondary N) is 1. The van der Waals surface area contributed by atoms with Crippen molar-refractivity contribution in [3.63, 3.8) is 0 Å². The van der Waals surface area contributed by atoms with E-state index in [-0.39, 0.29) is 5.82 Å². The minimum absolute atomic E-state index is 0.270. The lowest BCUT2D eigenvalue weighted by Gasteiger charge is -2.30. The zero-order chi connectivity index (χ0) is 25.2. The SMILES string of the molecule is CCc1nc2c(C)cc(N3CCNCC3)cn2c1N(C)C1=CCCC(c2ccc(F)cc2)=C(C#N)S1. The van der Waals surface area contributed by atoms with Gasteiger partial charge >= 0.3 is 0 Å². The number of hydrogen-bond donors (Lipinski definition) is 1. The summed E-state index contributed by atoms with van der Waals surface area (Å²) >= 11 is 1.48. The molecule has 2 aliphatic heterocycles. The van der Waals surface area contributed by atoms with Crippen molar-refractivity contribution in [3.8, 4) is 6.07 Å². The fraction of sp³-hybridized carbons (Fsp3) is 0.357. The van der Waals surface area contributed by atoms with Crippen LogP contribution in [0.2, 0.25) is 0 Å². The fourth-order valence-corrected chi connectivity index (χ4v) is 6.03. The Balaban J connectivity index is 1.54. The summed E-state index contributed by atoms with van der Waals surface area (Å²) in [7, 11) is 2.06. The topological polar surface area (TPSA) is 59.6 Å². The smallest absolute Gasteiger partial charge is 0.141 e. The second-order valence-electron chi connectivity index (χ2n) is 9.22. The second-order valence-corrected chi connectivity index (χ2v) is 10.2. The maximum absolute atomic E-state index is 13.5. The Morgan fingerprint density at radius 2 is 1.97 bits per heavy atom. The van der Waals surface area contributed by atoms with Gasteiger partial charge in [-0.25, -0.2) is 9.37 Å². The van der Waals surface area contributed by atoms with Crippen molar-refractivity contribution in [2.45, 2.75) is 33.1 Å². The molecule has 36 heavy (non-hydrogen) atoms. The van der Waals surface area contributed by atoms with E-state index < -0.39 is 0 Å². The number of nitrogens with zero attached hydrogens (tertiary/aromatic N) is 5. The summed E-state index contributed by atoms with van der Waals surface area (Å²) in [5.41, 5.74) is 6.22. The number of piperazine rings is 1. The van der Waals surface area contributed by atoms with E-state index in [2.05, 4.69) is 64.8 Å². The van der Waals surface area contributed by atoms with E-state index in [0.29, 0.717) is 4.91 Å². The molecule has 2 aromatic heterocycles. The summed E-state index contributed by atoms with van der Waals surface area (Å²) in [5.74, 6) is 0.765. The van der Waals surface area contributed by atoms with Gasteiger partial charge in [0, 0.05) is 39.4 Å². The molecule has 4 heterocycles. The van der Waals surface area contributed by atoms with Crippen LogP contribution in [-0.2, 0) is 6.42 Å². The van der Waals surface area contributed by atoms with Gasteiger partial charge in [0.2, 0.25) is 0 Å². The molecule has 1 N–H and O–H groups in total. The maximum Gasteiger partial charge on any atom is 0.141 e. The highest BCUT2D eigenvalue weighted by Gasteiger charge is 2.24. The molecule has 5 rings (SSSR count). The summed E-state index contributed by atoms with van der Waals surface area (Å²) in [6.07, 6.45) is 6.75. The first kappa shape index (κ1) is 24.4. The van der Waals surface area contributed by atoms with Crippen molar-refractivity contribution >= 4 is 34.5 Å². The Bertz CT molecular complexity index is 1380. The molecule has 0 bridgehead atoms. The van der Waals surface area contributed by atoms with Gasteiger partial charge in [-0.05, 0) is 61.1 Å². The number of rotatable bonds is 5. The number of aryl methyl sites for hydroxylation is 2. The van der Waals surface area contributed by atoms with Crippen molar-refractivity contribution in [3.05, 3.63) is 75.2 Å². The van der Waals surface area contributed by atoms with Gasteiger partial charge in [-0.3, -0.25) is 4.40 Å². The number of allylic oxidation sites excluding steroid dienone is 3. The molecule has 1 aromatic carbocycles. The molecule has 0 atom stereocenters. The van der Waals surface area contributed by atoms with Crippen LogP contribution < -0.4 is 15.1 Å². The van der Waals surface area contributed by atoms with Gasteiger partial charge in [-0.2, -0.15) is 5.26 Å². The molecule has 0 saturated carbocycles. The van der Waals surface area contributed by atoms with Gasteiger partial charge in [-0.15, -0.1) is 0 Å². The van der Waals surface area contributed by atoms with Crippen molar-refractivity contribution < 1.29 is 4.39 Å². The molecule has 1 saturated heterocycles. The molecule has 0 radical (unpaired) electrons. The Morgan fingerprint density at radius 3 is 2.67 bits per heavy atom. The van der Waals surface area contributed by atoms with Crippen LogP contribution in [0.5, 0.6) is 0 Å². The molecule has 0 unspecified atom stereocenters. The summed E-state index contributed by atoms with van der Waals surface area (Å²) in [6, 6.07) is 11.1. The summed E-state index contributed by atoms with van der Waals surface area (Å²) in [6.45, 7) is 8.19. The third kappa shape index (κ3) is 4.61. The molecule has 1 fully saturated rings. The first-order chi connectivity index (χ1) is 17.5. The standard InChI is InChI=1S/C28H31FN6S/c1-4-24-28(35-18-22(16-19(2)27(35)32-24)34-14-12-31-13-15-34)33(3)26-7-5-6-23(25(17-30)36-26)20-8-10-21(29)11-9-20/h7-11,16,18,31H,4-6,12-15H2,1-3H3. The summed E-state index contributed by atoms with van der Waals surface area (Å²) < 4.78 is 15.7. The average molecular weight is 503 g/mol. The Morgan fingerprint density at radius 1 is 1.22 bits per heavy atom. The second kappa shape index (κ2) is 10.4. The van der Waals surface area contributed by atoms with Crippen LogP contribution >= 0.6 is 11.8 Å². The molecule has 0 amide bonds. The quantitative estimate of drug-likeness (QED) is 0.498. The molecule has 6 nitrogen and oxygen atoms in total. The third-order valence-corrected chi connectivity index (χ3v) is 8.08. The normalized spacial score (nSPS) is 16.6. The molecule has 0 spiro atoms. The first-order valence-electron chi connectivity index (χ1n) is 12.5. The molecular formula is C28H31FN6S. The van der Waals surface area contributed by atoms with Gasteiger partial charge < -0.3 is 15.1 Å². The maximum atomic E-state index is 13.5. The van der Waals surface area contributed by atoms with Gasteiger partial charge in [0.15, 0.2) is 0 Å². The summed E-state index contributed by atoms with van der Waals surface area (Å²) in [5, 5.41) is 14.5. The predicted octanol–water partition coefficient (Wildman–Crippen LogP) is 5.49. The van der Waals surface area contributed by atoms with Gasteiger partial charge in [0.05, 0.1) is 21.3 Å². The molecule has 8 heteroatoms. The van der Waals surface area contributed by atoms with E-state index >= 15 is 0 Å². The summed E-state index contributed by atoms with van der Waals surface area (Å²) in [4.78, 5) is 10.3. The van der Waals surface area contributed by atoms with Crippen LogP contribution in [0.3, 0.4) is 0 Å². The monoisotopic (exact) mass is 502 g/mol. The van der Waals surface area contributed by atoms with Crippen LogP contribution in [0.4, 0.5) is 15.9 Å². The van der Waals surface area contributed by atoms with Gasteiger partial charge in [0.25, 0.3) is 0 Å². The highest BCUT2D eigenvalue weighted by Crippen LogP contribution is 2.41. The van der Waals surface area contributed by atoms with Crippen molar-refractivity contribution in [2.75, 3.05) is 43.0 Å². The molecule has 2 aliphatic rings. The number of halogens is 1. The van der Waals surface area contributed by atoms with E-state index in [1.807, 2.05) is 0 Å². The van der Waals surface area contributed by atoms with Crippen LogP contribution in [0.15, 0.2) is 52.5 Å². The van der Waals surface area contributed by atoms with E-state index in [1.54, 1.807) is 12.1 Å². The van der Waals surface area contributed by atoms with Gasteiger partial charge in [0.1, 0.15) is 23.4 Å². The number of nitriles is 1. The van der Waals surface area contributed by atoms with E-state index in [4.69, 9.17) is 4.98 Å². The minimum atomic E-state index is -0.270. The molecule has 186 valence electrons. The largest absolute Gasteiger partial charge is 0.368 e. The predicted molar refractivity (Wildman–Crippen MR) is 147 cm³/mol. The Kier molecular flexibility index (Phi) is 7.04. The fourth-order valence-electron chi connectivity index (χ4n) is 5.00. The van der Waals surface area contributed by atoms with Crippen molar-refractivity contribution in [2.24, 2.45) is 0 Å². The third-order valence-electron chi connectivity index (χ3n) is 6.89. The highest BCUT2D eigenvalue weighted by atomic mass is 32.2. The van der Waals surface area contributed by atoms with Crippen LogP contribution in [-0.4, -0.2) is 42.6 Å². The van der Waals surface area contributed by atoms with Crippen molar-refractivity contribution in [1.82, 2.24) is 14.7 Å². The number of thioether (sulfide) groups is 1. The number of anilines is 2. The average Bonchev–Trinajstić information content (AvgIpc) is 3.15. The number of aromatic nitrogens is 2. The lowest BCUT2D eigenvalue weighted by molar-refractivity contribution is 0.588. The number of fused-ring (bicyclic) bond motifs is 1. The van der Waals surface area contributed by atoms with Crippen LogP contribution in [0, 0.1) is 24.1 Å². The minimum Gasteiger partial charge on any atom is -0.368 e. The van der Waals surface area contributed by atoms with E-state index in [1.165, 1.54) is 29.6 Å². The highest BCUT2D eigenvalue weighted by molar-refractivity contribution is 8.07. The van der Waals surface area contributed by atoms with Crippen molar-refractivity contribution in [1.29, 1.82) is 5.26 Å². The lowest BCUT2D eigenvalue weighted by Crippen LogP contribution is -2.43. The zero-order valence-corrected chi connectivity index (χ0v) is 21.8. The molecule has 3 aromatic rings. The van der Waals surface area contributed by atoms with Gasteiger partial charge in [-0.1, -0.05) is 36.9 Å². The van der Waals surface area contributed by atoms with E-state index in [9.17, 15) is 9.65 Å². The van der Waals surface area contributed by atoms with Crippen LogP contribution in [0.1, 0.15) is 36.6 Å². The lowest BCUT2D eigenvalue weighted by atomic mass is 10.0.